The fraction of sp³-hybridized carbons (Fsp3) is 0.600. The Bertz CT molecular complexity index is 350. The molecule has 0 atom stereocenters. The fourth-order valence-corrected chi connectivity index (χ4v) is 1.91. The van der Waals surface area contributed by atoms with Gasteiger partial charge in [-0.15, -0.1) is 0 Å². The molecule has 0 saturated heterocycles. The van der Waals surface area contributed by atoms with Gasteiger partial charge in [0.2, 0.25) is 0 Å². The molecule has 0 spiro atoms. The highest BCUT2D eigenvalue weighted by Gasteiger charge is 2.04. The van der Waals surface area contributed by atoms with Gasteiger partial charge in [0.15, 0.2) is 0 Å². The summed E-state index contributed by atoms with van der Waals surface area (Å²) in [4.78, 5) is 2.21. The van der Waals surface area contributed by atoms with E-state index in [1.807, 2.05) is 13.0 Å². The molecular formula is C15H25NO2. The first kappa shape index (κ1) is 15.0. The van der Waals surface area contributed by atoms with E-state index in [-0.39, 0.29) is 0 Å². The summed E-state index contributed by atoms with van der Waals surface area (Å²) in [7, 11) is 5.92. The molecule has 0 aliphatic rings. The van der Waals surface area contributed by atoms with Crippen LogP contribution in [0.4, 0.5) is 0 Å². The number of hydrogen-bond acceptors (Lipinski definition) is 3. The van der Waals surface area contributed by atoms with Crippen LogP contribution < -0.4 is 4.74 Å². The highest BCUT2D eigenvalue weighted by atomic mass is 16.5. The quantitative estimate of drug-likeness (QED) is 0.709. The largest absolute Gasteiger partial charge is 0.496 e. The molecule has 1 aromatic carbocycles. The lowest BCUT2D eigenvalue weighted by molar-refractivity contribution is 0.132. The second kappa shape index (κ2) is 8.11. The van der Waals surface area contributed by atoms with Crippen molar-refractivity contribution in [1.82, 2.24) is 4.90 Å². The molecular weight excluding hydrogens is 226 g/mol. The van der Waals surface area contributed by atoms with E-state index in [0.29, 0.717) is 6.61 Å². The van der Waals surface area contributed by atoms with E-state index >= 15 is 0 Å². The van der Waals surface area contributed by atoms with Gasteiger partial charge in [-0.3, -0.25) is 0 Å². The Hall–Kier alpha value is -1.06. The van der Waals surface area contributed by atoms with Crippen LogP contribution in [0.5, 0.6) is 5.75 Å². The molecule has 0 heterocycles. The van der Waals surface area contributed by atoms with Crippen molar-refractivity contribution in [1.29, 1.82) is 0 Å². The Balaban J connectivity index is 2.63. The van der Waals surface area contributed by atoms with Gasteiger partial charge in [0, 0.05) is 12.2 Å². The van der Waals surface area contributed by atoms with Crippen LogP contribution >= 0.6 is 0 Å². The first-order valence-corrected chi connectivity index (χ1v) is 6.55. The maximum Gasteiger partial charge on any atom is 0.124 e. The molecule has 3 heteroatoms. The maximum absolute atomic E-state index is 5.47. The first-order valence-electron chi connectivity index (χ1n) is 6.55. The van der Waals surface area contributed by atoms with E-state index in [4.69, 9.17) is 9.47 Å². The van der Waals surface area contributed by atoms with Crippen molar-refractivity contribution < 1.29 is 9.47 Å². The normalized spacial score (nSPS) is 10.9. The minimum Gasteiger partial charge on any atom is -0.496 e. The molecule has 0 unspecified atom stereocenters. The van der Waals surface area contributed by atoms with Crippen LogP contribution in [0.25, 0.3) is 0 Å². The summed E-state index contributed by atoms with van der Waals surface area (Å²) >= 11 is 0. The zero-order chi connectivity index (χ0) is 13.4. The Morgan fingerprint density at radius 3 is 2.61 bits per heavy atom. The summed E-state index contributed by atoms with van der Waals surface area (Å²) in [6.07, 6.45) is 2.27. The van der Waals surface area contributed by atoms with Gasteiger partial charge in [-0.05, 0) is 58.1 Å². The summed E-state index contributed by atoms with van der Waals surface area (Å²) in [5.74, 6) is 0.916. The standard InChI is InChI=1S/C15H25NO2/c1-5-18-12-14-11-13(7-6-10-16(2)3)8-9-15(14)17-4/h8-9,11H,5-7,10,12H2,1-4H3. The number of hydrogen-bond donors (Lipinski definition) is 0. The Morgan fingerprint density at radius 1 is 1.22 bits per heavy atom. The number of ether oxygens (including phenoxy) is 2. The Labute approximate surface area is 111 Å². The zero-order valence-corrected chi connectivity index (χ0v) is 12.0. The van der Waals surface area contributed by atoms with E-state index in [1.54, 1.807) is 7.11 Å². The van der Waals surface area contributed by atoms with Crippen molar-refractivity contribution in [3.63, 3.8) is 0 Å². The summed E-state index contributed by atoms with van der Waals surface area (Å²) in [5, 5.41) is 0. The number of rotatable bonds is 8. The lowest BCUT2D eigenvalue weighted by atomic mass is 10.1. The molecule has 0 saturated carbocycles. The van der Waals surface area contributed by atoms with Gasteiger partial charge in [0.25, 0.3) is 0 Å². The molecule has 0 amide bonds. The monoisotopic (exact) mass is 251 g/mol. The minimum absolute atomic E-state index is 0.626. The number of aryl methyl sites for hydroxylation is 1. The van der Waals surface area contributed by atoms with E-state index < -0.39 is 0 Å². The van der Waals surface area contributed by atoms with Crippen LogP contribution in [0.2, 0.25) is 0 Å². The summed E-state index contributed by atoms with van der Waals surface area (Å²) in [6, 6.07) is 6.38. The predicted molar refractivity (Wildman–Crippen MR) is 75.2 cm³/mol. The smallest absolute Gasteiger partial charge is 0.124 e. The average molecular weight is 251 g/mol. The van der Waals surface area contributed by atoms with Crippen molar-refractivity contribution >= 4 is 0 Å². The topological polar surface area (TPSA) is 21.7 Å². The Morgan fingerprint density at radius 2 is 2.00 bits per heavy atom. The van der Waals surface area contributed by atoms with Crippen molar-refractivity contribution in [3.8, 4) is 5.75 Å². The Kier molecular flexibility index (Phi) is 6.76. The van der Waals surface area contributed by atoms with E-state index in [9.17, 15) is 0 Å². The number of nitrogens with zero attached hydrogens (tertiary/aromatic N) is 1. The van der Waals surface area contributed by atoms with Gasteiger partial charge in [-0.25, -0.2) is 0 Å². The fourth-order valence-electron chi connectivity index (χ4n) is 1.91. The molecule has 1 rings (SSSR count). The van der Waals surface area contributed by atoms with Crippen molar-refractivity contribution in [2.24, 2.45) is 0 Å². The van der Waals surface area contributed by atoms with Crippen LogP contribution in [-0.4, -0.2) is 39.3 Å². The molecule has 0 aliphatic carbocycles. The second-order valence-corrected chi connectivity index (χ2v) is 4.69. The number of methoxy groups -OCH3 is 1. The van der Waals surface area contributed by atoms with Gasteiger partial charge >= 0.3 is 0 Å². The third-order valence-electron chi connectivity index (χ3n) is 2.88. The lowest BCUT2D eigenvalue weighted by Gasteiger charge is -2.12. The summed E-state index contributed by atoms with van der Waals surface area (Å²) in [6.45, 7) is 4.48. The molecule has 102 valence electrons. The third kappa shape index (κ3) is 5.07. The van der Waals surface area contributed by atoms with Gasteiger partial charge in [-0.1, -0.05) is 6.07 Å². The highest BCUT2D eigenvalue weighted by molar-refractivity contribution is 5.37. The third-order valence-corrected chi connectivity index (χ3v) is 2.88. The van der Waals surface area contributed by atoms with Gasteiger partial charge in [-0.2, -0.15) is 0 Å². The molecule has 18 heavy (non-hydrogen) atoms. The molecule has 0 fully saturated rings. The van der Waals surface area contributed by atoms with Crippen LogP contribution in [0.3, 0.4) is 0 Å². The number of benzene rings is 1. The molecule has 0 aliphatic heterocycles. The zero-order valence-electron chi connectivity index (χ0n) is 12.0. The van der Waals surface area contributed by atoms with Crippen molar-refractivity contribution in [2.75, 3.05) is 34.4 Å². The van der Waals surface area contributed by atoms with E-state index in [0.717, 1.165) is 30.9 Å². The molecule has 0 N–H and O–H groups in total. The van der Waals surface area contributed by atoms with E-state index in [2.05, 4.69) is 31.1 Å². The van der Waals surface area contributed by atoms with Gasteiger partial charge < -0.3 is 14.4 Å². The predicted octanol–water partition coefficient (Wildman–Crippen LogP) is 2.73. The first-order chi connectivity index (χ1) is 8.67. The van der Waals surface area contributed by atoms with Crippen molar-refractivity contribution in [2.45, 2.75) is 26.4 Å². The van der Waals surface area contributed by atoms with Crippen LogP contribution in [0.1, 0.15) is 24.5 Å². The maximum atomic E-state index is 5.47. The molecule has 1 aromatic rings. The van der Waals surface area contributed by atoms with Crippen molar-refractivity contribution in [3.05, 3.63) is 29.3 Å². The molecule has 0 aromatic heterocycles. The molecule has 3 nitrogen and oxygen atoms in total. The second-order valence-electron chi connectivity index (χ2n) is 4.69. The summed E-state index contributed by atoms with van der Waals surface area (Å²) in [5.41, 5.74) is 2.49. The van der Waals surface area contributed by atoms with E-state index in [1.165, 1.54) is 12.0 Å². The van der Waals surface area contributed by atoms with Gasteiger partial charge in [0.1, 0.15) is 5.75 Å². The molecule has 0 bridgehead atoms. The summed E-state index contributed by atoms with van der Waals surface area (Å²) < 4.78 is 10.8. The SMILES string of the molecule is CCOCc1cc(CCCN(C)C)ccc1OC. The van der Waals surface area contributed by atoms with Gasteiger partial charge in [0.05, 0.1) is 13.7 Å². The lowest BCUT2D eigenvalue weighted by Crippen LogP contribution is -2.13. The highest BCUT2D eigenvalue weighted by Crippen LogP contribution is 2.21. The van der Waals surface area contributed by atoms with Crippen LogP contribution in [0.15, 0.2) is 18.2 Å². The minimum atomic E-state index is 0.626. The average Bonchev–Trinajstić information content (AvgIpc) is 2.36. The van der Waals surface area contributed by atoms with Crippen LogP contribution in [0, 0.1) is 0 Å². The molecule has 0 radical (unpaired) electrons. The van der Waals surface area contributed by atoms with Crippen LogP contribution in [-0.2, 0) is 17.8 Å².